The topological polar surface area (TPSA) is 3.24 Å². The van der Waals surface area contributed by atoms with Gasteiger partial charge < -0.3 is 4.90 Å². The number of hydrogen-bond acceptors (Lipinski definition) is 1. The van der Waals surface area contributed by atoms with E-state index in [4.69, 9.17) is 0 Å². The molecular formula is C54H51N. The van der Waals surface area contributed by atoms with E-state index < -0.39 is 0 Å². The molecule has 11 rings (SSSR count). The van der Waals surface area contributed by atoms with Crippen LogP contribution in [0.1, 0.15) is 106 Å². The average molecular weight is 714 g/mol. The molecule has 7 aromatic rings. The molecule has 0 aromatic heterocycles. The van der Waals surface area contributed by atoms with E-state index >= 15 is 0 Å². The van der Waals surface area contributed by atoms with Gasteiger partial charge in [-0.05, 0) is 158 Å². The molecule has 0 spiro atoms. The minimum Gasteiger partial charge on any atom is -0.310 e. The summed E-state index contributed by atoms with van der Waals surface area (Å²) in [4.78, 5) is 2.63. The number of anilines is 3. The van der Waals surface area contributed by atoms with Crippen molar-refractivity contribution < 1.29 is 0 Å². The van der Waals surface area contributed by atoms with E-state index in [-0.39, 0.29) is 5.41 Å². The van der Waals surface area contributed by atoms with Crippen LogP contribution in [0.4, 0.5) is 17.1 Å². The summed E-state index contributed by atoms with van der Waals surface area (Å²) in [5.74, 6) is 3.13. The van der Waals surface area contributed by atoms with Gasteiger partial charge in [0.15, 0.2) is 0 Å². The molecule has 4 aliphatic rings. The molecule has 3 saturated carbocycles. The highest BCUT2D eigenvalue weighted by Crippen LogP contribution is 2.56. The lowest BCUT2D eigenvalue weighted by Crippen LogP contribution is -2.18. The molecule has 0 radical (unpaired) electrons. The summed E-state index contributed by atoms with van der Waals surface area (Å²) in [6.45, 7) is 4.87. The number of nitrogens with zero attached hydrogens (tertiary/aromatic N) is 1. The second-order valence-electron chi connectivity index (χ2n) is 17.9. The lowest BCUT2D eigenvalue weighted by molar-refractivity contribution is 0.420. The van der Waals surface area contributed by atoms with E-state index in [1.54, 1.807) is 5.56 Å². The zero-order valence-electron chi connectivity index (χ0n) is 32.4. The van der Waals surface area contributed by atoms with Gasteiger partial charge in [-0.2, -0.15) is 0 Å². The van der Waals surface area contributed by atoms with Crippen LogP contribution in [0.25, 0.3) is 43.8 Å². The fraction of sp³-hybridized carbons (Fsp3) is 0.296. The average Bonchev–Trinajstić information content (AvgIpc) is 3.94. The van der Waals surface area contributed by atoms with Crippen LogP contribution >= 0.6 is 0 Å². The van der Waals surface area contributed by atoms with Crippen molar-refractivity contribution in [2.24, 2.45) is 11.8 Å². The first kappa shape index (κ1) is 33.2. The second-order valence-corrected chi connectivity index (χ2v) is 17.9. The van der Waals surface area contributed by atoms with Crippen LogP contribution in [0.2, 0.25) is 0 Å². The molecule has 272 valence electrons. The third-order valence-electron chi connectivity index (χ3n) is 14.5. The van der Waals surface area contributed by atoms with Gasteiger partial charge in [-0.1, -0.05) is 143 Å². The molecular weight excluding hydrogens is 663 g/mol. The fourth-order valence-electron chi connectivity index (χ4n) is 11.7. The maximum Gasteiger partial charge on any atom is 0.0502 e. The van der Waals surface area contributed by atoms with E-state index in [1.807, 2.05) is 0 Å². The summed E-state index contributed by atoms with van der Waals surface area (Å²) < 4.78 is 0. The van der Waals surface area contributed by atoms with Gasteiger partial charge in [-0.25, -0.2) is 0 Å². The van der Waals surface area contributed by atoms with Crippen molar-refractivity contribution in [2.45, 2.75) is 88.9 Å². The molecule has 0 N–H and O–H groups in total. The Labute approximate surface area is 327 Å². The summed E-state index contributed by atoms with van der Waals surface area (Å²) >= 11 is 0. The highest BCUT2D eigenvalue weighted by atomic mass is 15.1. The maximum atomic E-state index is 2.63. The zero-order valence-corrected chi connectivity index (χ0v) is 32.4. The van der Waals surface area contributed by atoms with Crippen LogP contribution < -0.4 is 4.90 Å². The van der Waals surface area contributed by atoms with Crippen LogP contribution in [0, 0.1) is 11.8 Å². The predicted molar refractivity (Wildman–Crippen MR) is 233 cm³/mol. The Hall–Kier alpha value is -5.14. The van der Waals surface area contributed by atoms with Gasteiger partial charge in [0.05, 0.1) is 5.69 Å². The molecule has 1 heteroatoms. The smallest absolute Gasteiger partial charge is 0.0502 e. The van der Waals surface area contributed by atoms with Crippen LogP contribution in [-0.4, -0.2) is 0 Å². The molecule has 2 bridgehead atoms. The first-order chi connectivity index (χ1) is 27.0. The third kappa shape index (κ3) is 5.41. The number of hydrogen-bond donors (Lipinski definition) is 0. The SMILES string of the molecule is CC1(C)c2cc(N(c3ccc(C4CC5CCC4C5)cc3)c3cc4ccccc4cc3C3CCCCC3)ccc2-c2c(-c3cccc4ccccc34)cccc21. The number of fused-ring (bicyclic) bond motifs is 7. The Morgan fingerprint density at radius 1 is 0.527 bits per heavy atom. The van der Waals surface area contributed by atoms with E-state index in [0.717, 1.165) is 17.8 Å². The molecule has 0 saturated heterocycles. The minimum atomic E-state index is -0.145. The number of benzene rings is 7. The summed E-state index contributed by atoms with van der Waals surface area (Å²) in [5.41, 5.74) is 15.0. The van der Waals surface area contributed by atoms with Crippen molar-refractivity contribution >= 4 is 38.6 Å². The Bertz CT molecular complexity index is 2580. The summed E-state index contributed by atoms with van der Waals surface area (Å²) in [7, 11) is 0. The molecule has 0 heterocycles. The highest BCUT2D eigenvalue weighted by Gasteiger charge is 2.41. The molecule has 7 aromatic carbocycles. The standard InChI is InChI=1S/C54H51N/c1-54(2)50-21-11-20-46(45-19-10-17-36-14-8-9-18-44(36)45)53(50)47-29-28-43(34-51(47)54)55(42-26-24-38(25-27-42)48-31-35-22-23-41(48)30-35)52-33-40-16-7-6-15-39(40)32-49(52)37-12-4-3-5-13-37/h6-11,14-21,24-29,32-35,37,41,48H,3-5,12-13,22-23,30-31H2,1-2H3. The molecule has 3 atom stereocenters. The van der Waals surface area contributed by atoms with Crippen molar-refractivity contribution in [3.63, 3.8) is 0 Å². The van der Waals surface area contributed by atoms with Gasteiger partial charge in [-0.15, -0.1) is 0 Å². The van der Waals surface area contributed by atoms with Gasteiger partial charge in [-0.3, -0.25) is 0 Å². The molecule has 3 unspecified atom stereocenters. The fourth-order valence-corrected chi connectivity index (χ4v) is 11.7. The van der Waals surface area contributed by atoms with Gasteiger partial charge in [0.1, 0.15) is 0 Å². The molecule has 1 nitrogen and oxygen atoms in total. The number of rotatable bonds is 6. The lowest BCUT2D eigenvalue weighted by Gasteiger charge is -2.33. The monoisotopic (exact) mass is 713 g/mol. The maximum absolute atomic E-state index is 2.63. The first-order valence-electron chi connectivity index (χ1n) is 21.2. The van der Waals surface area contributed by atoms with E-state index in [0.29, 0.717) is 5.92 Å². The van der Waals surface area contributed by atoms with Crippen molar-refractivity contribution in [1.29, 1.82) is 0 Å². The molecule has 3 fully saturated rings. The Morgan fingerprint density at radius 3 is 2.02 bits per heavy atom. The van der Waals surface area contributed by atoms with Gasteiger partial charge >= 0.3 is 0 Å². The van der Waals surface area contributed by atoms with Crippen molar-refractivity contribution in [3.8, 4) is 22.3 Å². The molecule has 0 aliphatic heterocycles. The molecule has 55 heavy (non-hydrogen) atoms. The zero-order chi connectivity index (χ0) is 36.7. The van der Waals surface area contributed by atoms with Crippen molar-refractivity contribution in [3.05, 3.63) is 162 Å². The van der Waals surface area contributed by atoms with Crippen molar-refractivity contribution in [2.75, 3.05) is 4.90 Å². The molecule has 0 amide bonds. The lowest BCUT2D eigenvalue weighted by atomic mass is 9.81. The van der Waals surface area contributed by atoms with E-state index in [2.05, 4.69) is 158 Å². The second kappa shape index (κ2) is 13.0. The van der Waals surface area contributed by atoms with Crippen molar-refractivity contribution in [1.82, 2.24) is 0 Å². The first-order valence-corrected chi connectivity index (χ1v) is 21.2. The summed E-state index contributed by atoms with van der Waals surface area (Å²) in [5, 5.41) is 5.27. The predicted octanol–water partition coefficient (Wildman–Crippen LogP) is 15.4. The van der Waals surface area contributed by atoms with Gasteiger partial charge in [0.2, 0.25) is 0 Å². The third-order valence-corrected chi connectivity index (χ3v) is 14.5. The Balaban J connectivity index is 1.09. The van der Waals surface area contributed by atoms with Crippen LogP contribution in [0.15, 0.2) is 140 Å². The van der Waals surface area contributed by atoms with E-state index in [9.17, 15) is 0 Å². The normalized spacial score (nSPS) is 21.2. The minimum absolute atomic E-state index is 0.145. The Kier molecular flexibility index (Phi) is 7.84. The summed E-state index contributed by atoms with van der Waals surface area (Å²) in [6.07, 6.45) is 12.2. The quantitative estimate of drug-likeness (QED) is 0.166. The largest absolute Gasteiger partial charge is 0.310 e. The Morgan fingerprint density at radius 2 is 1.24 bits per heavy atom. The molecule has 4 aliphatic carbocycles. The van der Waals surface area contributed by atoms with Crippen LogP contribution in [-0.2, 0) is 5.41 Å². The van der Waals surface area contributed by atoms with Gasteiger partial charge in [0, 0.05) is 16.8 Å². The van der Waals surface area contributed by atoms with Gasteiger partial charge in [0.25, 0.3) is 0 Å². The summed E-state index contributed by atoms with van der Waals surface area (Å²) in [6, 6.07) is 53.9. The van der Waals surface area contributed by atoms with E-state index in [1.165, 1.54) is 135 Å². The highest BCUT2D eigenvalue weighted by molar-refractivity contribution is 6.03. The van der Waals surface area contributed by atoms with Crippen LogP contribution in [0.5, 0.6) is 0 Å². The van der Waals surface area contributed by atoms with Crippen LogP contribution in [0.3, 0.4) is 0 Å².